The molecule has 62 valence electrons. The van der Waals surface area contributed by atoms with Gasteiger partial charge < -0.3 is 0 Å². The van der Waals surface area contributed by atoms with Gasteiger partial charge in [0.1, 0.15) is 14.2 Å². The van der Waals surface area contributed by atoms with Gasteiger partial charge in [0.15, 0.2) is 0 Å². The lowest BCUT2D eigenvalue weighted by Gasteiger charge is -1.99. The van der Waals surface area contributed by atoms with Crippen LogP contribution >= 0.6 is 0 Å². The SMILES string of the molecule is Bc1ccc(-c2ccncn2)cc1. The largest absolute Gasteiger partial charge is 0.245 e. The Morgan fingerprint density at radius 3 is 2.38 bits per heavy atom. The fourth-order valence-electron chi connectivity index (χ4n) is 1.19. The van der Waals surface area contributed by atoms with Gasteiger partial charge in [0, 0.05) is 11.8 Å². The maximum Gasteiger partial charge on any atom is 0.139 e. The molecule has 0 radical (unpaired) electrons. The van der Waals surface area contributed by atoms with Crippen LogP contribution in [0.4, 0.5) is 0 Å². The van der Waals surface area contributed by atoms with E-state index in [4.69, 9.17) is 0 Å². The number of rotatable bonds is 1. The third kappa shape index (κ3) is 1.75. The third-order valence-corrected chi connectivity index (χ3v) is 1.93. The highest BCUT2D eigenvalue weighted by Gasteiger charge is 1.95. The highest BCUT2D eigenvalue weighted by Crippen LogP contribution is 2.12. The highest BCUT2D eigenvalue weighted by molar-refractivity contribution is 6.32. The van der Waals surface area contributed by atoms with Crippen LogP contribution in [0.15, 0.2) is 42.9 Å². The fourth-order valence-corrected chi connectivity index (χ4v) is 1.19. The molecule has 0 aliphatic carbocycles. The van der Waals surface area contributed by atoms with Crippen LogP contribution in [-0.4, -0.2) is 17.8 Å². The molecule has 0 spiro atoms. The van der Waals surface area contributed by atoms with E-state index in [1.165, 1.54) is 5.46 Å². The van der Waals surface area contributed by atoms with Crippen LogP contribution in [-0.2, 0) is 0 Å². The van der Waals surface area contributed by atoms with Crippen molar-refractivity contribution >= 4 is 13.3 Å². The Hall–Kier alpha value is -1.64. The van der Waals surface area contributed by atoms with Crippen LogP contribution in [0.1, 0.15) is 0 Å². The number of hydrogen-bond acceptors (Lipinski definition) is 2. The zero-order valence-electron chi connectivity index (χ0n) is 7.44. The average Bonchev–Trinajstić information content (AvgIpc) is 2.20. The predicted octanol–water partition coefficient (Wildman–Crippen LogP) is 0.402. The van der Waals surface area contributed by atoms with Crippen LogP contribution in [0, 0.1) is 0 Å². The molecule has 0 unspecified atom stereocenters. The van der Waals surface area contributed by atoms with Crippen LogP contribution in [0.2, 0.25) is 0 Å². The monoisotopic (exact) mass is 168 g/mol. The molecule has 0 N–H and O–H groups in total. The summed E-state index contributed by atoms with van der Waals surface area (Å²) in [4.78, 5) is 8.04. The Labute approximate surface area is 78.1 Å². The normalized spacial score (nSPS) is 9.85. The first-order chi connectivity index (χ1) is 6.36. The van der Waals surface area contributed by atoms with Crippen molar-refractivity contribution < 1.29 is 0 Å². The zero-order chi connectivity index (χ0) is 9.10. The highest BCUT2D eigenvalue weighted by atomic mass is 14.8. The van der Waals surface area contributed by atoms with Crippen LogP contribution in [0.3, 0.4) is 0 Å². The molecule has 1 heterocycles. The van der Waals surface area contributed by atoms with Crippen molar-refractivity contribution in [3.63, 3.8) is 0 Å². The summed E-state index contributed by atoms with van der Waals surface area (Å²) in [6.45, 7) is 0. The second kappa shape index (κ2) is 3.39. The standard InChI is InChI=1S/C10H9BN2/c11-9-3-1-8(2-4-9)10-5-6-12-7-13-10/h1-7H,11H2. The first kappa shape index (κ1) is 7.99. The topological polar surface area (TPSA) is 25.8 Å². The van der Waals surface area contributed by atoms with Gasteiger partial charge >= 0.3 is 0 Å². The second-order valence-electron chi connectivity index (χ2n) is 2.96. The minimum Gasteiger partial charge on any atom is -0.245 e. The molecule has 0 saturated carbocycles. The third-order valence-electron chi connectivity index (χ3n) is 1.93. The number of hydrogen-bond donors (Lipinski definition) is 0. The van der Waals surface area contributed by atoms with E-state index >= 15 is 0 Å². The Morgan fingerprint density at radius 1 is 1.00 bits per heavy atom. The van der Waals surface area contributed by atoms with Crippen molar-refractivity contribution in [3.8, 4) is 11.3 Å². The molecule has 0 aliphatic heterocycles. The molecule has 1 aromatic carbocycles. The van der Waals surface area contributed by atoms with E-state index in [2.05, 4.69) is 42.1 Å². The summed E-state index contributed by atoms with van der Waals surface area (Å²) < 4.78 is 0. The molecule has 0 bridgehead atoms. The second-order valence-corrected chi connectivity index (χ2v) is 2.96. The molecule has 13 heavy (non-hydrogen) atoms. The van der Waals surface area contributed by atoms with E-state index in [-0.39, 0.29) is 0 Å². The van der Waals surface area contributed by atoms with E-state index in [1.54, 1.807) is 12.5 Å². The Morgan fingerprint density at radius 2 is 1.77 bits per heavy atom. The summed E-state index contributed by atoms with van der Waals surface area (Å²) >= 11 is 0. The van der Waals surface area contributed by atoms with Gasteiger partial charge in [0.2, 0.25) is 0 Å². The summed E-state index contributed by atoms with van der Waals surface area (Å²) in [6.07, 6.45) is 3.32. The van der Waals surface area contributed by atoms with Crippen molar-refractivity contribution in [2.75, 3.05) is 0 Å². The van der Waals surface area contributed by atoms with Gasteiger partial charge in [0.25, 0.3) is 0 Å². The molecule has 3 heteroatoms. The lowest BCUT2D eigenvalue weighted by molar-refractivity contribution is 1.17. The smallest absolute Gasteiger partial charge is 0.139 e. The van der Waals surface area contributed by atoms with Gasteiger partial charge in [0.05, 0.1) is 5.69 Å². The molecular formula is C10H9BN2. The van der Waals surface area contributed by atoms with E-state index in [9.17, 15) is 0 Å². The molecule has 0 fully saturated rings. The Balaban J connectivity index is 2.42. The van der Waals surface area contributed by atoms with E-state index < -0.39 is 0 Å². The predicted molar refractivity (Wildman–Crippen MR) is 55.6 cm³/mol. The Bertz CT molecular complexity index is 383. The van der Waals surface area contributed by atoms with E-state index in [0.29, 0.717) is 0 Å². The Kier molecular flexibility index (Phi) is 2.09. The van der Waals surface area contributed by atoms with Crippen molar-refractivity contribution in [2.24, 2.45) is 0 Å². The van der Waals surface area contributed by atoms with Gasteiger partial charge in [-0.15, -0.1) is 0 Å². The van der Waals surface area contributed by atoms with Crippen molar-refractivity contribution in [3.05, 3.63) is 42.9 Å². The number of benzene rings is 1. The maximum absolute atomic E-state index is 4.17. The molecule has 0 aliphatic rings. The first-order valence-corrected chi connectivity index (χ1v) is 4.19. The van der Waals surface area contributed by atoms with Gasteiger partial charge in [-0.2, -0.15) is 0 Å². The van der Waals surface area contributed by atoms with Gasteiger partial charge in [-0.05, 0) is 6.07 Å². The van der Waals surface area contributed by atoms with Crippen LogP contribution in [0.25, 0.3) is 11.3 Å². The lowest BCUT2D eigenvalue weighted by Crippen LogP contribution is -1.99. The molecule has 2 rings (SSSR count). The molecule has 1 aromatic heterocycles. The molecule has 0 saturated heterocycles. The van der Waals surface area contributed by atoms with Crippen LogP contribution in [0.5, 0.6) is 0 Å². The van der Waals surface area contributed by atoms with Gasteiger partial charge in [-0.25, -0.2) is 9.97 Å². The molecular weight excluding hydrogens is 159 g/mol. The summed E-state index contributed by atoms with van der Waals surface area (Å²) in [5.41, 5.74) is 3.36. The molecule has 2 nitrogen and oxygen atoms in total. The van der Waals surface area contributed by atoms with Crippen molar-refractivity contribution in [1.29, 1.82) is 0 Å². The summed E-state index contributed by atoms with van der Waals surface area (Å²) in [6, 6.07) is 10.2. The number of aromatic nitrogens is 2. The van der Waals surface area contributed by atoms with Crippen molar-refractivity contribution in [2.45, 2.75) is 0 Å². The van der Waals surface area contributed by atoms with Crippen molar-refractivity contribution in [1.82, 2.24) is 9.97 Å². The lowest BCUT2D eigenvalue weighted by atomic mass is 9.95. The average molecular weight is 168 g/mol. The quantitative estimate of drug-likeness (QED) is 0.576. The van der Waals surface area contributed by atoms with Gasteiger partial charge in [-0.3, -0.25) is 0 Å². The molecule has 0 atom stereocenters. The van der Waals surface area contributed by atoms with Crippen LogP contribution < -0.4 is 5.46 Å². The minimum absolute atomic E-state index is 0.968. The fraction of sp³-hybridized carbons (Fsp3) is 0. The zero-order valence-corrected chi connectivity index (χ0v) is 7.44. The summed E-state index contributed by atoms with van der Waals surface area (Å²) in [5, 5.41) is 0. The van der Waals surface area contributed by atoms with Gasteiger partial charge in [-0.1, -0.05) is 29.7 Å². The summed E-state index contributed by atoms with van der Waals surface area (Å²) in [7, 11) is 2.07. The maximum atomic E-state index is 4.17. The molecule has 0 amide bonds. The van der Waals surface area contributed by atoms with E-state index in [0.717, 1.165) is 11.3 Å². The minimum atomic E-state index is 0.968. The molecule has 2 aromatic rings. The van der Waals surface area contributed by atoms with E-state index in [1.807, 2.05) is 6.07 Å². The first-order valence-electron chi connectivity index (χ1n) is 4.19. The number of nitrogens with zero attached hydrogens (tertiary/aromatic N) is 2. The summed E-state index contributed by atoms with van der Waals surface area (Å²) in [5.74, 6) is 0.